The number of rotatable bonds is 4. The number of ether oxygens (including phenoxy) is 1. The summed E-state index contributed by atoms with van der Waals surface area (Å²) in [7, 11) is 1.43. The summed E-state index contributed by atoms with van der Waals surface area (Å²) < 4.78 is 18.2. The van der Waals surface area contributed by atoms with Gasteiger partial charge in [-0.1, -0.05) is 6.07 Å². The third kappa shape index (κ3) is 3.44. The van der Waals surface area contributed by atoms with Crippen LogP contribution in [0.3, 0.4) is 0 Å². The zero-order valence-corrected chi connectivity index (χ0v) is 10.9. The van der Waals surface area contributed by atoms with Crippen molar-refractivity contribution in [1.82, 2.24) is 4.90 Å². The van der Waals surface area contributed by atoms with Gasteiger partial charge in [-0.05, 0) is 37.1 Å². The van der Waals surface area contributed by atoms with E-state index < -0.39 is 5.97 Å². The lowest BCUT2D eigenvalue weighted by molar-refractivity contribution is -0.143. The van der Waals surface area contributed by atoms with E-state index in [4.69, 9.17) is 9.84 Å². The molecule has 4 nitrogen and oxygen atoms in total. The van der Waals surface area contributed by atoms with Gasteiger partial charge < -0.3 is 9.84 Å². The van der Waals surface area contributed by atoms with Crippen LogP contribution in [0.5, 0.6) is 5.75 Å². The summed E-state index contributed by atoms with van der Waals surface area (Å²) in [4.78, 5) is 13.1. The number of benzene rings is 1. The molecule has 1 aliphatic heterocycles. The maximum Gasteiger partial charge on any atom is 0.307 e. The zero-order chi connectivity index (χ0) is 13.8. The fraction of sp³-hybridized carbons (Fsp3) is 0.500. The molecule has 104 valence electrons. The van der Waals surface area contributed by atoms with Crippen LogP contribution in [-0.4, -0.2) is 36.2 Å². The quantitative estimate of drug-likeness (QED) is 0.908. The molecular formula is C14H18FNO3. The van der Waals surface area contributed by atoms with Crippen LogP contribution in [0.2, 0.25) is 0 Å². The van der Waals surface area contributed by atoms with E-state index in [2.05, 4.69) is 4.90 Å². The Morgan fingerprint density at radius 3 is 3.05 bits per heavy atom. The van der Waals surface area contributed by atoms with Crippen molar-refractivity contribution in [2.24, 2.45) is 5.92 Å². The van der Waals surface area contributed by atoms with E-state index in [1.807, 2.05) is 0 Å². The van der Waals surface area contributed by atoms with Gasteiger partial charge in [0.15, 0.2) is 11.6 Å². The monoisotopic (exact) mass is 267 g/mol. The van der Waals surface area contributed by atoms with Gasteiger partial charge in [0.05, 0.1) is 13.0 Å². The van der Waals surface area contributed by atoms with Crippen LogP contribution in [0.4, 0.5) is 4.39 Å². The second-order valence-corrected chi connectivity index (χ2v) is 4.88. The van der Waals surface area contributed by atoms with E-state index in [1.165, 1.54) is 13.2 Å². The number of hydrogen-bond acceptors (Lipinski definition) is 3. The van der Waals surface area contributed by atoms with Crippen LogP contribution in [0, 0.1) is 11.7 Å². The molecule has 5 heteroatoms. The average molecular weight is 267 g/mol. The predicted molar refractivity (Wildman–Crippen MR) is 68.6 cm³/mol. The molecule has 0 bridgehead atoms. The second-order valence-electron chi connectivity index (χ2n) is 4.88. The van der Waals surface area contributed by atoms with Crippen molar-refractivity contribution in [2.45, 2.75) is 19.4 Å². The van der Waals surface area contributed by atoms with E-state index in [9.17, 15) is 9.18 Å². The van der Waals surface area contributed by atoms with Crippen molar-refractivity contribution in [3.63, 3.8) is 0 Å². The minimum absolute atomic E-state index is 0.226. The van der Waals surface area contributed by atoms with Gasteiger partial charge in [0, 0.05) is 13.1 Å². The molecule has 0 aromatic heterocycles. The summed E-state index contributed by atoms with van der Waals surface area (Å²) in [6.45, 7) is 2.05. The van der Waals surface area contributed by atoms with Gasteiger partial charge in [-0.2, -0.15) is 0 Å². The molecule has 1 aromatic rings. The van der Waals surface area contributed by atoms with E-state index >= 15 is 0 Å². The maximum absolute atomic E-state index is 13.3. The highest BCUT2D eigenvalue weighted by atomic mass is 19.1. The minimum atomic E-state index is -0.735. The van der Waals surface area contributed by atoms with E-state index in [1.54, 1.807) is 12.1 Å². The summed E-state index contributed by atoms with van der Waals surface area (Å²) in [6, 6.07) is 4.76. The number of carboxylic acids is 1. The first-order chi connectivity index (χ1) is 9.10. The molecule has 19 heavy (non-hydrogen) atoms. The van der Waals surface area contributed by atoms with Crippen molar-refractivity contribution in [2.75, 3.05) is 20.2 Å². The molecule has 1 fully saturated rings. The molecule has 1 saturated heterocycles. The Morgan fingerprint density at radius 1 is 1.58 bits per heavy atom. The van der Waals surface area contributed by atoms with Gasteiger partial charge in [0.1, 0.15) is 0 Å². The molecule has 1 heterocycles. The smallest absolute Gasteiger partial charge is 0.307 e. The number of carbonyl (C=O) groups is 1. The number of nitrogens with zero attached hydrogens (tertiary/aromatic N) is 1. The summed E-state index contributed by atoms with van der Waals surface area (Å²) in [5.74, 6) is -1.19. The minimum Gasteiger partial charge on any atom is -0.494 e. The Bertz CT molecular complexity index is 464. The third-order valence-corrected chi connectivity index (χ3v) is 3.48. The lowest BCUT2D eigenvalue weighted by Crippen LogP contribution is -2.38. The topological polar surface area (TPSA) is 49.8 Å². The van der Waals surface area contributed by atoms with E-state index in [0.29, 0.717) is 13.1 Å². The maximum atomic E-state index is 13.3. The highest BCUT2D eigenvalue weighted by molar-refractivity contribution is 5.70. The van der Waals surface area contributed by atoms with Gasteiger partial charge in [-0.25, -0.2) is 4.39 Å². The molecular weight excluding hydrogens is 249 g/mol. The number of methoxy groups -OCH3 is 1. The fourth-order valence-corrected chi connectivity index (χ4v) is 2.46. The summed E-state index contributed by atoms with van der Waals surface area (Å²) in [5, 5.41) is 9.04. The van der Waals surface area contributed by atoms with E-state index in [-0.39, 0.29) is 17.5 Å². The van der Waals surface area contributed by atoms with Gasteiger partial charge in [-0.3, -0.25) is 9.69 Å². The Morgan fingerprint density at radius 2 is 2.37 bits per heavy atom. The molecule has 0 spiro atoms. The molecule has 0 aliphatic carbocycles. The molecule has 1 atom stereocenters. The van der Waals surface area contributed by atoms with Gasteiger partial charge in [0.2, 0.25) is 0 Å². The number of likely N-dealkylation sites (tertiary alicyclic amines) is 1. The molecule has 1 N–H and O–H groups in total. The number of carboxylic acid groups (broad SMARTS) is 1. The van der Waals surface area contributed by atoms with Crippen LogP contribution in [0.15, 0.2) is 18.2 Å². The van der Waals surface area contributed by atoms with Gasteiger partial charge in [0.25, 0.3) is 0 Å². The summed E-state index contributed by atoms with van der Waals surface area (Å²) in [6.07, 6.45) is 1.62. The zero-order valence-electron chi connectivity index (χ0n) is 10.9. The molecule has 2 rings (SSSR count). The van der Waals surface area contributed by atoms with Crippen LogP contribution in [0.1, 0.15) is 18.4 Å². The SMILES string of the molecule is COc1cc(CN2CCCC(C(=O)O)C2)ccc1F. The molecule has 1 aliphatic rings. The van der Waals surface area contributed by atoms with Gasteiger partial charge in [-0.15, -0.1) is 0 Å². The summed E-state index contributed by atoms with van der Waals surface area (Å²) in [5.41, 5.74) is 0.935. The van der Waals surface area contributed by atoms with Crippen molar-refractivity contribution in [3.8, 4) is 5.75 Å². The molecule has 0 saturated carbocycles. The number of aliphatic carboxylic acids is 1. The molecule has 0 amide bonds. The average Bonchev–Trinajstić information content (AvgIpc) is 2.41. The molecule has 1 unspecified atom stereocenters. The fourth-order valence-electron chi connectivity index (χ4n) is 2.46. The Hall–Kier alpha value is -1.62. The first-order valence-electron chi connectivity index (χ1n) is 6.37. The lowest BCUT2D eigenvalue weighted by Gasteiger charge is -2.30. The summed E-state index contributed by atoms with van der Waals surface area (Å²) >= 11 is 0. The molecule has 0 radical (unpaired) electrons. The van der Waals surface area contributed by atoms with Crippen LogP contribution in [0.25, 0.3) is 0 Å². The third-order valence-electron chi connectivity index (χ3n) is 3.48. The standard InChI is InChI=1S/C14H18FNO3/c1-19-13-7-10(4-5-12(13)15)8-16-6-2-3-11(9-16)14(17)18/h4-5,7,11H,2-3,6,8-9H2,1H3,(H,17,18). The first-order valence-corrected chi connectivity index (χ1v) is 6.37. The van der Waals surface area contributed by atoms with Crippen LogP contribution in [-0.2, 0) is 11.3 Å². The van der Waals surface area contributed by atoms with Gasteiger partial charge >= 0.3 is 5.97 Å². The normalized spacial score (nSPS) is 20.2. The highest BCUT2D eigenvalue weighted by Gasteiger charge is 2.25. The first kappa shape index (κ1) is 13.8. The number of piperidine rings is 1. The predicted octanol–water partition coefficient (Wildman–Crippen LogP) is 2.13. The van der Waals surface area contributed by atoms with E-state index in [0.717, 1.165) is 24.9 Å². The number of halogens is 1. The molecule has 1 aromatic carbocycles. The Labute approximate surface area is 111 Å². The Balaban J connectivity index is 2.02. The number of hydrogen-bond donors (Lipinski definition) is 1. The van der Waals surface area contributed by atoms with Crippen molar-refractivity contribution in [1.29, 1.82) is 0 Å². The van der Waals surface area contributed by atoms with Crippen LogP contribution < -0.4 is 4.74 Å². The van der Waals surface area contributed by atoms with Crippen molar-refractivity contribution < 1.29 is 19.0 Å². The lowest BCUT2D eigenvalue weighted by atomic mass is 9.98. The Kier molecular flexibility index (Phi) is 4.37. The van der Waals surface area contributed by atoms with Crippen molar-refractivity contribution >= 4 is 5.97 Å². The second kappa shape index (κ2) is 6.02. The highest BCUT2D eigenvalue weighted by Crippen LogP contribution is 2.22. The van der Waals surface area contributed by atoms with Crippen molar-refractivity contribution in [3.05, 3.63) is 29.6 Å². The van der Waals surface area contributed by atoms with Crippen LogP contribution >= 0.6 is 0 Å². The largest absolute Gasteiger partial charge is 0.494 e.